The van der Waals surface area contributed by atoms with Crippen LogP contribution in [0, 0.1) is 13.8 Å². The van der Waals surface area contributed by atoms with Gasteiger partial charge in [0.2, 0.25) is 11.9 Å². The Hall–Kier alpha value is -8.10. The van der Waals surface area contributed by atoms with Crippen molar-refractivity contribution >= 4 is 46.2 Å². The second kappa shape index (κ2) is 22.8. The summed E-state index contributed by atoms with van der Waals surface area (Å²) in [6.07, 6.45) is 7.91. The summed E-state index contributed by atoms with van der Waals surface area (Å²) in [4.78, 5) is 42.0. The molecule has 0 amide bonds. The maximum absolute atomic E-state index is 9.10. The molecule has 8 aromatic rings. The zero-order valence-corrected chi connectivity index (χ0v) is 41.3. The molecule has 2 fully saturated rings. The summed E-state index contributed by atoms with van der Waals surface area (Å²) in [7, 11) is 0. The number of carbonyl (C=O) groups is 2. The molecule has 0 bridgehead atoms. The minimum Gasteiger partial charge on any atom is -0.486 e. The number of anilines is 2. The highest BCUT2D eigenvalue weighted by Crippen LogP contribution is 2.33. The second-order valence-corrected chi connectivity index (χ2v) is 18.8. The maximum atomic E-state index is 9.10. The van der Waals surface area contributed by atoms with Crippen molar-refractivity contribution < 1.29 is 47.6 Å². The van der Waals surface area contributed by atoms with Crippen molar-refractivity contribution in [1.29, 1.82) is 0 Å². The van der Waals surface area contributed by atoms with E-state index in [-0.39, 0.29) is 12.2 Å². The smallest absolute Gasteiger partial charge is 0.414 e. The lowest BCUT2D eigenvalue weighted by atomic mass is 10.0. The predicted molar refractivity (Wildman–Crippen MR) is 274 cm³/mol. The number of pyridine rings is 2. The average molecular weight is 1010 g/mol. The third kappa shape index (κ3) is 12.2. The zero-order chi connectivity index (χ0) is 51.0. The van der Waals surface area contributed by atoms with Gasteiger partial charge in [-0.1, -0.05) is 24.3 Å². The summed E-state index contributed by atoms with van der Waals surface area (Å²) >= 11 is 0. The number of aryl methyl sites for hydroxylation is 2. The van der Waals surface area contributed by atoms with Crippen molar-refractivity contribution in [2.45, 2.75) is 76.9 Å². The fourth-order valence-corrected chi connectivity index (χ4v) is 9.66. The van der Waals surface area contributed by atoms with E-state index < -0.39 is 11.9 Å². The van der Waals surface area contributed by atoms with Gasteiger partial charge in [-0.15, -0.1) is 0 Å². The minimum atomic E-state index is -1.82. The Bertz CT molecular complexity index is 2960. The number of furan rings is 2. The molecule has 6 aromatic heterocycles. The molecule has 20 nitrogen and oxygen atoms in total. The van der Waals surface area contributed by atoms with E-state index in [4.69, 9.17) is 57.6 Å². The van der Waals surface area contributed by atoms with Crippen LogP contribution >= 0.6 is 0 Å². The quantitative estimate of drug-likeness (QED) is 0.0877. The van der Waals surface area contributed by atoms with Crippen molar-refractivity contribution in [2.75, 3.05) is 63.1 Å². The Kier molecular flexibility index (Phi) is 15.2. The van der Waals surface area contributed by atoms with Crippen LogP contribution in [0.5, 0.6) is 23.0 Å². The number of carboxylic acid groups (broad SMARTS) is 2. The van der Waals surface area contributed by atoms with E-state index in [1.54, 1.807) is 0 Å². The number of imidazole rings is 2. The first-order valence-corrected chi connectivity index (χ1v) is 25.0. The third-order valence-electron chi connectivity index (χ3n) is 13.3. The van der Waals surface area contributed by atoms with Crippen LogP contribution in [0.3, 0.4) is 0 Å². The number of carboxylic acids is 2. The lowest BCUT2D eigenvalue weighted by molar-refractivity contribution is -0.159. The van der Waals surface area contributed by atoms with Gasteiger partial charge in [-0.3, -0.25) is 18.9 Å². The van der Waals surface area contributed by atoms with Gasteiger partial charge in [-0.05, 0) is 112 Å². The summed E-state index contributed by atoms with van der Waals surface area (Å²) in [6, 6.07) is 32.4. The average Bonchev–Trinajstić information content (AvgIpc) is 4.21. The summed E-state index contributed by atoms with van der Waals surface area (Å²) < 4.78 is 40.0. The van der Waals surface area contributed by atoms with Gasteiger partial charge >= 0.3 is 11.9 Å². The third-order valence-corrected chi connectivity index (χ3v) is 13.3. The number of hydrogen-bond donors (Lipinski definition) is 4. The van der Waals surface area contributed by atoms with Gasteiger partial charge in [-0.2, -0.15) is 0 Å². The lowest BCUT2D eigenvalue weighted by Gasteiger charge is -2.36. The number of rotatable bonds is 12. The van der Waals surface area contributed by atoms with Crippen molar-refractivity contribution in [3.05, 3.63) is 132 Å². The maximum Gasteiger partial charge on any atom is 0.414 e. The van der Waals surface area contributed by atoms with Crippen LogP contribution in [0.4, 0.5) is 11.9 Å². The Balaban J connectivity index is 0.000000153. The summed E-state index contributed by atoms with van der Waals surface area (Å²) in [5.74, 6) is 5.02. The lowest BCUT2D eigenvalue weighted by Crippen LogP contribution is -2.46. The van der Waals surface area contributed by atoms with Crippen LogP contribution in [-0.4, -0.2) is 138 Å². The number of hydrogen-bond acceptors (Lipinski definition) is 16. The topological polar surface area (TPSA) is 230 Å². The van der Waals surface area contributed by atoms with Crippen molar-refractivity contribution in [3.63, 3.8) is 0 Å². The number of aliphatic carboxylic acids is 2. The highest BCUT2D eigenvalue weighted by Gasteiger charge is 2.29. The van der Waals surface area contributed by atoms with Gasteiger partial charge in [0.25, 0.3) is 0 Å². The monoisotopic (exact) mass is 1010 g/mol. The van der Waals surface area contributed by atoms with E-state index >= 15 is 0 Å². The molecule has 4 aliphatic heterocycles. The molecule has 10 heterocycles. The zero-order valence-electron chi connectivity index (χ0n) is 41.3. The highest BCUT2D eigenvalue weighted by molar-refractivity contribution is 6.27. The standard InChI is InChI=1S/2C26H29N5O3.C2H2O4/c2*1-18-8-9-20(33-18)16-31-25-22(5-4-12-27-25)29-26(31)28-19-10-13-30(14-11-19)15-21-17-32-23-6-2-3-7-24(23)34-21;3-1(4)2(5)6/h2*2-9,12,19,21H,10-11,13-17H2,1H3,(H,28,29);(H,3,4)(H,5,6). The van der Waals surface area contributed by atoms with Gasteiger partial charge < -0.3 is 48.6 Å². The van der Waals surface area contributed by atoms with Gasteiger partial charge in [0.1, 0.15) is 59.5 Å². The normalized spacial score (nSPS) is 18.0. The largest absolute Gasteiger partial charge is 0.486 e. The summed E-state index contributed by atoms with van der Waals surface area (Å²) in [6.45, 7) is 12.1. The van der Waals surface area contributed by atoms with Gasteiger partial charge in [0.05, 0.1) is 13.1 Å². The van der Waals surface area contributed by atoms with Crippen molar-refractivity contribution in [2.24, 2.45) is 0 Å². The van der Waals surface area contributed by atoms with E-state index in [1.807, 2.05) is 123 Å². The Labute approximate surface area is 426 Å². The first kappa shape index (κ1) is 49.5. The molecule has 2 saturated heterocycles. The van der Waals surface area contributed by atoms with Crippen LogP contribution < -0.4 is 29.6 Å². The number of aromatic nitrogens is 6. The molecule has 0 saturated carbocycles. The molecular weight excluding hydrogens is 949 g/mol. The summed E-state index contributed by atoms with van der Waals surface area (Å²) in [5, 5.41) is 22.2. The number of likely N-dealkylation sites (tertiary alicyclic amines) is 2. The van der Waals surface area contributed by atoms with Crippen LogP contribution in [0.15, 0.2) is 118 Å². The molecule has 0 spiro atoms. The van der Waals surface area contributed by atoms with E-state index in [0.717, 1.165) is 145 Å². The molecule has 386 valence electrons. The molecule has 12 rings (SSSR count). The molecule has 2 unspecified atom stereocenters. The molecule has 4 aliphatic rings. The Morgan fingerprint density at radius 3 is 1.34 bits per heavy atom. The molecule has 0 radical (unpaired) electrons. The minimum absolute atomic E-state index is 0.0615. The Morgan fingerprint density at radius 1 is 0.554 bits per heavy atom. The molecule has 74 heavy (non-hydrogen) atoms. The number of nitrogens with zero attached hydrogens (tertiary/aromatic N) is 8. The van der Waals surface area contributed by atoms with Crippen LogP contribution in [-0.2, 0) is 22.7 Å². The number of piperidine rings is 2. The first-order valence-electron chi connectivity index (χ1n) is 25.0. The number of fused-ring (bicyclic) bond motifs is 4. The molecule has 2 aromatic carbocycles. The Morgan fingerprint density at radius 2 is 0.959 bits per heavy atom. The van der Waals surface area contributed by atoms with Gasteiger partial charge in [0, 0.05) is 63.7 Å². The number of para-hydroxylation sites is 4. The van der Waals surface area contributed by atoms with E-state index in [1.165, 1.54) is 0 Å². The number of benzene rings is 2. The molecule has 2 atom stereocenters. The molecule has 0 aliphatic carbocycles. The molecule has 4 N–H and O–H groups in total. The van der Waals surface area contributed by atoms with Crippen LogP contribution in [0.25, 0.3) is 22.3 Å². The number of ether oxygens (including phenoxy) is 4. The number of nitrogens with one attached hydrogen (secondary N) is 2. The van der Waals surface area contributed by atoms with Crippen molar-refractivity contribution in [3.8, 4) is 23.0 Å². The van der Waals surface area contributed by atoms with Gasteiger partial charge in [-0.25, -0.2) is 29.5 Å². The van der Waals surface area contributed by atoms with E-state index in [2.05, 4.69) is 39.5 Å². The SMILES string of the molecule is Cc1ccc(Cn2c(NC3CCN(CC4COc5ccccc5O4)CC3)nc3cccnc32)o1.Cc1ccc(Cn2c(NC3CCN(CC4COc5ccccc5O4)CC3)nc3cccnc32)o1.O=C(O)C(=O)O. The van der Waals surface area contributed by atoms with Crippen LogP contribution in [0.1, 0.15) is 48.7 Å². The predicted octanol–water partition coefficient (Wildman–Crippen LogP) is 7.35. The van der Waals surface area contributed by atoms with Crippen LogP contribution in [0.2, 0.25) is 0 Å². The van der Waals surface area contributed by atoms with Crippen molar-refractivity contribution in [1.82, 2.24) is 38.9 Å². The fraction of sp³-hybridized carbons (Fsp3) is 0.370. The molecule has 20 heteroatoms. The van der Waals surface area contributed by atoms with E-state index in [9.17, 15) is 0 Å². The fourth-order valence-electron chi connectivity index (χ4n) is 9.66. The van der Waals surface area contributed by atoms with Gasteiger partial charge in [0.15, 0.2) is 34.3 Å². The molecular formula is C54H60N10O10. The second-order valence-electron chi connectivity index (χ2n) is 18.8. The highest BCUT2D eigenvalue weighted by atomic mass is 16.6. The first-order chi connectivity index (χ1) is 36.1. The van der Waals surface area contributed by atoms with E-state index in [0.29, 0.717) is 38.4 Å². The summed E-state index contributed by atoms with van der Waals surface area (Å²) in [5.41, 5.74) is 3.51.